The van der Waals surface area contributed by atoms with Crippen molar-refractivity contribution >= 4 is 29.5 Å². The maximum absolute atomic E-state index is 12.2. The molecule has 0 aliphatic heterocycles. The standard InChI is InChI=1S/C22H23N5O3S/c1-4-15-16(12-23)21(27(2)11-10-18(28)30-3)26-22(17(15)13-24)31-19(20(25)29)14-8-6-5-7-9-14/h5-9,19H,4,10-11H2,1-3H3,(H2,25,29). The molecule has 1 amide bonds. The first kappa shape index (κ1) is 23.7. The van der Waals surface area contributed by atoms with Crippen molar-refractivity contribution in [1.82, 2.24) is 4.98 Å². The molecule has 0 spiro atoms. The van der Waals surface area contributed by atoms with Gasteiger partial charge in [-0.25, -0.2) is 4.98 Å². The third-order valence-electron chi connectivity index (χ3n) is 4.66. The van der Waals surface area contributed by atoms with Gasteiger partial charge in [0, 0.05) is 13.6 Å². The van der Waals surface area contributed by atoms with Gasteiger partial charge in [-0.05, 0) is 17.5 Å². The van der Waals surface area contributed by atoms with E-state index in [-0.39, 0.29) is 30.1 Å². The average molecular weight is 438 g/mol. The van der Waals surface area contributed by atoms with E-state index in [2.05, 4.69) is 21.9 Å². The van der Waals surface area contributed by atoms with Crippen molar-refractivity contribution in [2.75, 3.05) is 25.6 Å². The van der Waals surface area contributed by atoms with Crippen LogP contribution in [0.4, 0.5) is 5.82 Å². The zero-order valence-electron chi connectivity index (χ0n) is 17.6. The van der Waals surface area contributed by atoms with Crippen LogP contribution in [0.2, 0.25) is 0 Å². The SMILES string of the molecule is CCc1c(C#N)c(SC(C(N)=O)c2ccccc2)nc(N(C)CCC(=O)OC)c1C#N. The molecule has 0 bridgehead atoms. The zero-order chi connectivity index (χ0) is 23.0. The van der Waals surface area contributed by atoms with Gasteiger partial charge >= 0.3 is 5.97 Å². The highest BCUT2D eigenvalue weighted by Gasteiger charge is 2.26. The van der Waals surface area contributed by atoms with E-state index in [1.807, 2.05) is 13.0 Å². The number of carbonyl (C=O) groups excluding carboxylic acids is 2. The number of aromatic nitrogens is 1. The molecule has 0 saturated heterocycles. The number of nitrogens with two attached hydrogens (primary N) is 1. The van der Waals surface area contributed by atoms with Crippen molar-refractivity contribution in [3.63, 3.8) is 0 Å². The summed E-state index contributed by atoms with van der Waals surface area (Å²) in [5.74, 6) is -0.617. The fraction of sp³-hybridized carbons (Fsp3) is 0.318. The summed E-state index contributed by atoms with van der Waals surface area (Å²) >= 11 is 1.07. The maximum atomic E-state index is 12.2. The van der Waals surface area contributed by atoms with E-state index in [0.29, 0.717) is 28.4 Å². The molecule has 31 heavy (non-hydrogen) atoms. The van der Waals surface area contributed by atoms with E-state index in [9.17, 15) is 20.1 Å². The lowest BCUT2D eigenvalue weighted by molar-refractivity contribution is -0.140. The number of hydrogen-bond acceptors (Lipinski definition) is 8. The number of nitrogens with zero attached hydrogens (tertiary/aromatic N) is 4. The van der Waals surface area contributed by atoms with E-state index in [0.717, 1.165) is 11.8 Å². The number of primary amides is 1. The minimum atomic E-state index is -0.758. The van der Waals surface area contributed by atoms with E-state index >= 15 is 0 Å². The minimum Gasteiger partial charge on any atom is -0.469 e. The van der Waals surface area contributed by atoms with Gasteiger partial charge in [0.2, 0.25) is 5.91 Å². The van der Waals surface area contributed by atoms with Gasteiger partial charge in [-0.3, -0.25) is 9.59 Å². The molecule has 9 heteroatoms. The molecule has 8 nitrogen and oxygen atoms in total. The molecule has 2 aromatic rings. The lowest BCUT2D eigenvalue weighted by Crippen LogP contribution is -2.25. The largest absolute Gasteiger partial charge is 0.469 e. The summed E-state index contributed by atoms with van der Waals surface area (Å²) in [6.07, 6.45) is 0.531. The van der Waals surface area contributed by atoms with E-state index < -0.39 is 11.2 Å². The van der Waals surface area contributed by atoms with Crippen LogP contribution in [0.25, 0.3) is 0 Å². The van der Waals surface area contributed by atoms with Gasteiger partial charge < -0.3 is 15.4 Å². The van der Waals surface area contributed by atoms with Gasteiger partial charge in [-0.1, -0.05) is 49.0 Å². The number of ether oxygens (including phenoxy) is 1. The molecule has 1 aromatic carbocycles. The summed E-state index contributed by atoms with van der Waals surface area (Å²) in [5, 5.41) is 19.1. The van der Waals surface area contributed by atoms with Gasteiger partial charge in [-0.15, -0.1) is 0 Å². The van der Waals surface area contributed by atoms with Crippen LogP contribution in [-0.2, 0) is 20.7 Å². The van der Waals surface area contributed by atoms with Gasteiger partial charge in [0.25, 0.3) is 0 Å². The summed E-state index contributed by atoms with van der Waals surface area (Å²) in [4.78, 5) is 30.0. The van der Waals surface area contributed by atoms with Crippen LogP contribution in [0.1, 0.15) is 40.8 Å². The smallest absolute Gasteiger partial charge is 0.307 e. The number of anilines is 1. The highest BCUT2D eigenvalue weighted by Crippen LogP contribution is 2.39. The van der Waals surface area contributed by atoms with Gasteiger partial charge in [0.05, 0.1) is 24.7 Å². The Morgan fingerprint density at radius 2 is 1.87 bits per heavy atom. The van der Waals surface area contributed by atoms with Crippen LogP contribution in [0.5, 0.6) is 0 Å². The second kappa shape index (κ2) is 11.0. The summed E-state index contributed by atoms with van der Waals surface area (Å²) in [5.41, 5.74) is 7.39. The molecule has 2 N–H and O–H groups in total. The third kappa shape index (κ3) is 5.53. The number of amides is 1. The molecule has 1 atom stereocenters. The Bertz CT molecular complexity index is 1040. The molecule has 0 saturated carbocycles. The lowest BCUT2D eigenvalue weighted by atomic mass is 10.0. The first-order valence-corrected chi connectivity index (χ1v) is 10.4. The Morgan fingerprint density at radius 1 is 1.23 bits per heavy atom. The van der Waals surface area contributed by atoms with Crippen LogP contribution in [0, 0.1) is 22.7 Å². The van der Waals surface area contributed by atoms with Gasteiger partial charge in [0.15, 0.2) is 0 Å². The number of thioether (sulfide) groups is 1. The average Bonchev–Trinajstić information content (AvgIpc) is 2.79. The minimum absolute atomic E-state index is 0.109. The molecule has 0 radical (unpaired) electrons. The van der Waals surface area contributed by atoms with Gasteiger partial charge in [-0.2, -0.15) is 10.5 Å². The molecular formula is C22H23N5O3S. The first-order valence-electron chi connectivity index (χ1n) is 9.53. The van der Waals surface area contributed by atoms with Crippen molar-refractivity contribution in [3.05, 3.63) is 52.6 Å². The van der Waals surface area contributed by atoms with Crippen LogP contribution in [0.15, 0.2) is 35.4 Å². The molecule has 1 aromatic heterocycles. The number of rotatable bonds is 9. The predicted octanol–water partition coefficient (Wildman–Crippen LogP) is 2.71. The topological polar surface area (TPSA) is 133 Å². The number of hydrogen-bond donors (Lipinski definition) is 1. The van der Waals surface area contributed by atoms with E-state index in [4.69, 9.17) is 5.73 Å². The highest BCUT2D eigenvalue weighted by molar-refractivity contribution is 8.00. The summed E-state index contributed by atoms with van der Waals surface area (Å²) in [6, 6.07) is 13.3. The predicted molar refractivity (Wildman–Crippen MR) is 117 cm³/mol. The van der Waals surface area contributed by atoms with Crippen molar-refractivity contribution in [1.29, 1.82) is 10.5 Å². The van der Waals surface area contributed by atoms with Crippen molar-refractivity contribution < 1.29 is 14.3 Å². The first-order chi connectivity index (χ1) is 14.9. The molecule has 1 unspecified atom stereocenters. The quantitative estimate of drug-likeness (QED) is 0.467. The number of carbonyl (C=O) groups is 2. The van der Waals surface area contributed by atoms with Crippen molar-refractivity contribution in [2.45, 2.75) is 30.0 Å². The number of esters is 1. The number of nitriles is 2. The molecule has 2 rings (SSSR count). The Labute approximate surface area is 185 Å². The maximum Gasteiger partial charge on any atom is 0.307 e. The molecular weight excluding hydrogens is 414 g/mol. The van der Waals surface area contributed by atoms with Crippen LogP contribution >= 0.6 is 11.8 Å². The van der Waals surface area contributed by atoms with Crippen LogP contribution < -0.4 is 10.6 Å². The Morgan fingerprint density at radius 3 is 2.39 bits per heavy atom. The van der Waals surface area contributed by atoms with Crippen LogP contribution in [0.3, 0.4) is 0 Å². The Kier molecular flexibility index (Phi) is 8.42. The zero-order valence-corrected chi connectivity index (χ0v) is 18.4. The Hall–Kier alpha value is -3.56. The third-order valence-corrected chi connectivity index (χ3v) is 5.92. The number of methoxy groups -OCH3 is 1. The van der Waals surface area contributed by atoms with E-state index in [1.54, 1.807) is 36.2 Å². The number of pyridine rings is 1. The van der Waals surface area contributed by atoms with Crippen LogP contribution in [-0.4, -0.2) is 37.6 Å². The molecule has 160 valence electrons. The monoisotopic (exact) mass is 437 g/mol. The summed E-state index contributed by atoms with van der Waals surface area (Å²) in [6.45, 7) is 2.11. The second-order valence-corrected chi connectivity index (χ2v) is 7.70. The fourth-order valence-electron chi connectivity index (χ4n) is 3.04. The van der Waals surface area contributed by atoms with E-state index in [1.165, 1.54) is 7.11 Å². The normalized spacial score (nSPS) is 11.1. The van der Waals surface area contributed by atoms with Crippen molar-refractivity contribution in [2.24, 2.45) is 5.73 Å². The number of benzene rings is 1. The molecule has 0 fully saturated rings. The Balaban J connectivity index is 2.58. The molecule has 1 heterocycles. The van der Waals surface area contributed by atoms with Crippen molar-refractivity contribution in [3.8, 4) is 12.1 Å². The molecule has 0 aliphatic carbocycles. The summed E-state index contributed by atoms with van der Waals surface area (Å²) < 4.78 is 4.68. The second-order valence-electron chi connectivity index (χ2n) is 6.60. The van der Waals surface area contributed by atoms with Gasteiger partial charge in [0.1, 0.15) is 28.2 Å². The summed E-state index contributed by atoms with van der Waals surface area (Å²) in [7, 11) is 3.01. The highest BCUT2D eigenvalue weighted by atomic mass is 32.2. The lowest BCUT2D eigenvalue weighted by Gasteiger charge is -2.23. The molecule has 0 aliphatic rings. The fourth-order valence-corrected chi connectivity index (χ4v) is 4.10.